The van der Waals surface area contributed by atoms with Crippen LogP contribution in [0.15, 0.2) is 23.8 Å². The zero-order chi connectivity index (χ0) is 20.4. The minimum atomic E-state index is -1.24. The number of rotatable bonds is 6. The lowest BCUT2D eigenvalue weighted by Crippen LogP contribution is -2.41. The molecule has 0 saturated carbocycles. The van der Waals surface area contributed by atoms with Gasteiger partial charge in [-0.25, -0.2) is 9.59 Å². The Bertz CT molecular complexity index is 719. The summed E-state index contributed by atoms with van der Waals surface area (Å²) in [5.41, 5.74) is 1.57. The first-order valence-electron chi connectivity index (χ1n) is 9.15. The molecule has 1 aromatic rings. The molecule has 0 atom stereocenters. The minimum Gasteiger partial charge on any atom is -0.496 e. The van der Waals surface area contributed by atoms with Gasteiger partial charge in [-0.3, -0.25) is 4.90 Å². The van der Waals surface area contributed by atoms with Crippen molar-refractivity contribution in [2.45, 2.75) is 66.0 Å². The predicted molar refractivity (Wildman–Crippen MR) is 103 cm³/mol. The van der Waals surface area contributed by atoms with Gasteiger partial charge < -0.3 is 14.2 Å². The number of hydrogen-bond donors (Lipinski definition) is 0. The second-order valence-electron chi connectivity index (χ2n) is 7.67. The quantitative estimate of drug-likeness (QED) is 0.430. The van der Waals surface area contributed by atoms with Crippen molar-refractivity contribution in [1.29, 1.82) is 0 Å². The van der Waals surface area contributed by atoms with E-state index in [-0.39, 0.29) is 5.57 Å². The second-order valence-corrected chi connectivity index (χ2v) is 7.67. The maximum Gasteiger partial charge on any atom is 0.348 e. The lowest BCUT2D eigenvalue weighted by molar-refractivity contribution is -0.222. The van der Waals surface area contributed by atoms with Gasteiger partial charge in [-0.1, -0.05) is 6.07 Å². The third-order valence-electron chi connectivity index (χ3n) is 4.41. The van der Waals surface area contributed by atoms with Crippen molar-refractivity contribution in [3.8, 4) is 5.75 Å². The molecule has 2 rings (SSSR count). The van der Waals surface area contributed by atoms with Crippen LogP contribution in [0.2, 0.25) is 0 Å². The summed E-state index contributed by atoms with van der Waals surface area (Å²) in [4.78, 5) is 26.7. The summed E-state index contributed by atoms with van der Waals surface area (Å²) < 4.78 is 15.8. The minimum absolute atomic E-state index is 0.116. The van der Waals surface area contributed by atoms with Crippen LogP contribution in [-0.2, 0) is 25.6 Å². The van der Waals surface area contributed by atoms with Crippen LogP contribution >= 0.6 is 0 Å². The number of nitrogens with zero attached hydrogens (tertiary/aromatic N) is 1. The number of methoxy groups -OCH3 is 1. The first kappa shape index (κ1) is 21.0. The van der Waals surface area contributed by atoms with Crippen molar-refractivity contribution in [3.05, 3.63) is 34.9 Å². The predicted octanol–water partition coefficient (Wildman–Crippen LogP) is 3.53. The monoisotopic (exact) mass is 375 g/mol. The first-order chi connectivity index (χ1) is 12.5. The summed E-state index contributed by atoms with van der Waals surface area (Å²) in [6.07, 6.45) is 1.50. The largest absolute Gasteiger partial charge is 0.496 e. The van der Waals surface area contributed by atoms with E-state index in [9.17, 15) is 9.59 Å². The van der Waals surface area contributed by atoms with Gasteiger partial charge in [0.15, 0.2) is 0 Å². The molecular weight excluding hydrogens is 346 g/mol. The van der Waals surface area contributed by atoms with Crippen LogP contribution in [0.25, 0.3) is 6.08 Å². The van der Waals surface area contributed by atoms with E-state index in [0.717, 1.165) is 11.3 Å². The van der Waals surface area contributed by atoms with Crippen LogP contribution in [0.3, 0.4) is 0 Å². The van der Waals surface area contributed by atoms with Gasteiger partial charge in [-0.05, 0) is 51.5 Å². The van der Waals surface area contributed by atoms with E-state index < -0.39 is 17.7 Å². The van der Waals surface area contributed by atoms with Crippen LogP contribution in [0.5, 0.6) is 5.75 Å². The lowest BCUT2D eigenvalue weighted by Gasteiger charge is -2.31. The highest BCUT2D eigenvalue weighted by atomic mass is 16.7. The molecule has 1 heterocycles. The smallest absolute Gasteiger partial charge is 0.348 e. The highest BCUT2D eigenvalue weighted by molar-refractivity contribution is 6.18. The number of ether oxygens (including phenoxy) is 3. The molecule has 0 bridgehead atoms. The number of carbonyl (C=O) groups is 2. The lowest BCUT2D eigenvalue weighted by atomic mass is 10.0. The summed E-state index contributed by atoms with van der Waals surface area (Å²) in [6.45, 7) is 12.3. The van der Waals surface area contributed by atoms with Gasteiger partial charge in [0.05, 0.1) is 7.11 Å². The number of benzene rings is 1. The molecule has 148 valence electrons. The SMILES string of the molecule is COc1ccc(C=C2C(=O)OC(C)(C)OC2=O)cc1CN(C(C)C)C(C)C. The number of hydrogen-bond acceptors (Lipinski definition) is 6. The van der Waals surface area contributed by atoms with Crippen LogP contribution in [0.4, 0.5) is 0 Å². The van der Waals surface area contributed by atoms with Gasteiger partial charge >= 0.3 is 11.9 Å². The third kappa shape index (κ3) is 5.10. The van der Waals surface area contributed by atoms with Gasteiger partial charge in [-0.2, -0.15) is 0 Å². The van der Waals surface area contributed by atoms with E-state index >= 15 is 0 Å². The Labute approximate surface area is 161 Å². The fourth-order valence-corrected chi connectivity index (χ4v) is 3.12. The maximum atomic E-state index is 12.2. The average Bonchev–Trinajstić information content (AvgIpc) is 2.54. The number of esters is 2. The maximum absolute atomic E-state index is 12.2. The molecule has 6 heteroatoms. The summed E-state index contributed by atoms with van der Waals surface area (Å²) in [6, 6.07) is 6.28. The summed E-state index contributed by atoms with van der Waals surface area (Å²) in [5.74, 6) is -1.84. The Morgan fingerprint density at radius 2 is 1.63 bits per heavy atom. The number of carbonyl (C=O) groups excluding carboxylic acids is 2. The highest BCUT2D eigenvalue weighted by Gasteiger charge is 2.38. The first-order valence-corrected chi connectivity index (χ1v) is 9.15. The van der Waals surface area contributed by atoms with E-state index in [2.05, 4.69) is 32.6 Å². The van der Waals surface area contributed by atoms with Crippen LogP contribution in [-0.4, -0.2) is 41.8 Å². The van der Waals surface area contributed by atoms with E-state index in [1.807, 2.05) is 12.1 Å². The standard InChI is InChI=1S/C21H29NO5/c1-13(2)22(14(3)4)12-16-10-15(8-9-18(16)25-7)11-17-19(23)26-21(5,6)27-20(17)24/h8-11,13-14H,12H2,1-7H3. The molecule has 1 aromatic carbocycles. The fourth-order valence-electron chi connectivity index (χ4n) is 3.12. The van der Waals surface area contributed by atoms with E-state index in [1.54, 1.807) is 13.2 Å². The zero-order valence-corrected chi connectivity index (χ0v) is 17.2. The van der Waals surface area contributed by atoms with E-state index in [4.69, 9.17) is 14.2 Å². The molecule has 1 aliphatic heterocycles. The van der Waals surface area contributed by atoms with Crippen molar-refractivity contribution in [2.75, 3.05) is 7.11 Å². The summed E-state index contributed by atoms with van der Waals surface area (Å²) in [5, 5.41) is 0. The summed E-state index contributed by atoms with van der Waals surface area (Å²) >= 11 is 0. The molecule has 0 N–H and O–H groups in total. The van der Waals surface area contributed by atoms with Crippen LogP contribution < -0.4 is 4.74 Å². The topological polar surface area (TPSA) is 65.1 Å². The van der Waals surface area contributed by atoms with Gasteiger partial charge in [0.2, 0.25) is 0 Å². The molecule has 1 saturated heterocycles. The molecule has 0 aliphatic carbocycles. The molecule has 0 amide bonds. The molecule has 27 heavy (non-hydrogen) atoms. The molecule has 1 fully saturated rings. The van der Waals surface area contributed by atoms with Crippen molar-refractivity contribution in [3.63, 3.8) is 0 Å². The van der Waals surface area contributed by atoms with Gasteiger partial charge in [-0.15, -0.1) is 0 Å². The van der Waals surface area contributed by atoms with Gasteiger partial charge in [0.25, 0.3) is 5.79 Å². The number of cyclic esters (lactones) is 2. The average molecular weight is 375 g/mol. The molecular formula is C21H29NO5. The Morgan fingerprint density at radius 3 is 2.11 bits per heavy atom. The molecule has 0 radical (unpaired) electrons. The van der Waals surface area contributed by atoms with Crippen molar-refractivity contribution < 1.29 is 23.8 Å². The van der Waals surface area contributed by atoms with Gasteiger partial charge in [0, 0.05) is 38.0 Å². The van der Waals surface area contributed by atoms with Crippen molar-refractivity contribution in [2.24, 2.45) is 0 Å². The Morgan fingerprint density at radius 1 is 1.07 bits per heavy atom. The molecule has 0 aromatic heterocycles. The zero-order valence-electron chi connectivity index (χ0n) is 17.2. The Kier molecular flexibility index (Phi) is 6.31. The second kappa shape index (κ2) is 8.13. The molecule has 1 aliphatic rings. The summed E-state index contributed by atoms with van der Waals surface area (Å²) in [7, 11) is 1.63. The van der Waals surface area contributed by atoms with E-state index in [1.165, 1.54) is 19.9 Å². The molecule has 0 unspecified atom stereocenters. The van der Waals surface area contributed by atoms with Crippen LogP contribution in [0, 0.1) is 0 Å². The normalized spacial score (nSPS) is 16.6. The van der Waals surface area contributed by atoms with Crippen LogP contribution in [0.1, 0.15) is 52.7 Å². The highest BCUT2D eigenvalue weighted by Crippen LogP contribution is 2.27. The van der Waals surface area contributed by atoms with Gasteiger partial charge in [0.1, 0.15) is 11.3 Å². The molecule has 6 nitrogen and oxygen atoms in total. The fraction of sp³-hybridized carbons (Fsp3) is 0.524. The van der Waals surface area contributed by atoms with Crippen molar-refractivity contribution >= 4 is 18.0 Å². The third-order valence-corrected chi connectivity index (χ3v) is 4.41. The molecule has 0 spiro atoms. The van der Waals surface area contributed by atoms with E-state index in [0.29, 0.717) is 24.2 Å². The van der Waals surface area contributed by atoms with Crippen molar-refractivity contribution in [1.82, 2.24) is 4.90 Å². The Hall–Kier alpha value is -2.34. The Balaban J connectivity index is 2.37.